The van der Waals surface area contributed by atoms with E-state index in [0.29, 0.717) is 31.2 Å². The lowest BCUT2D eigenvalue weighted by molar-refractivity contribution is -0.148. The third kappa shape index (κ3) is 3.00. The predicted octanol–water partition coefficient (Wildman–Crippen LogP) is 2.27. The molecule has 1 N–H and O–H groups in total. The van der Waals surface area contributed by atoms with Gasteiger partial charge in [-0.3, -0.25) is 9.69 Å². The summed E-state index contributed by atoms with van der Waals surface area (Å²) in [6.07, 6.45) is 2.31. The number of likely N-dealkylation sites (tertiary alicyclic amines) is 1. The molecule has 1 aliphatic rings. The Bertz CT molecular complexity index is 472. The molecule has 20 heavy (non-hydrogen) atoms. The van der Waals surface area contributed by atoms with E-state index in [1.165, 1.54) is 0 Å². The summed E-state index contributed by atoms with van der Waals surface area (Å²) in [5, 5.41) is 13.4. The highest BCUT2D eigenvalue weighted by Crippen LogP contribution is 2.36. The zero-order valence-corrected chi connectivity index (χ0v) is 12.4. The van der Waals surface area contributed by atoms with E-state index < -0.39 is 11.4 Å². The van der Waals surface area contributed by atoms with Gasteiger partial charge in [-0.25, -0.2) is 0 Å². The minimum Gasteiger partial charge on any atom is -0.481 e. The van der Waals surface area contributed by atoms with Crippen molar-refractivity contribution in [3.05, 3.63) is 11.7 Å². The number of aromatic nitrogens is 2. The fourth-order valence-electron chi connectivity index (χ4n) is 2.82. The number of hydrogen-bond acceptors (Lipinski definition) is 5. The summed E-state index contributed by atoms with van der Waals surface area (Å²) in [7, 11) is 0. The topological polar surface area (TPSA) is 79.5 Å². The molecule has 6 heteroatoms. The van der Waals surface area contributed by atoms with Crippen molar-refractivity contribution < 1.29 is 14.4 Å². The summed E-state index contributed by atoms with van der Waals surface area (Å²) in [5.74, 6) is 0.836. The second kappa shape index (κ2) is 5.91. The molecule has 1 atom stereocenters. The minimum atomic E-state index is -0.685. The molecule has 1 unspecified atom stereocenters. The smallest absolute Gasteiger partial charge is 0.310 e. The predicted molar refractivity (Wildman–Crippen MR) is 73.3 cm³/mol. The van der Waals surface area contributed by atoms with Crippen LogP contribution >= 0.6 is 0 Å². The highest BCUT2D eigenvalue weighted by Gasteiger charge is 2.44. The van der Waals surface area contributed by atoms with Crippen LogP contribution in [0.25, 0.3) is 0 Å². The fourth-order valence-corrected chi connectivity index (χ4v) is 2.82. The van der Waals surface area contributed by atoms with Crippen LogP contribution in [0.2, 0.25) is 0 Å². The van der Waals surface area contributed by atoms with Gasteiger partial charge in [0.1, 0.15) is 0 Å². The van der Waals surface area contributed by atoms with Crippen LogP contribution in [-0.2, 0) is 11.3 Å². The largest absolute Gasteiger partial charge is 0.481 e. The summed E-state index contributed by atoms with van der Waals surface area (Å²) in [4.78, 5) is 18.0. The number of nitrogens with zero attached hydrogens (tertiary/aromatic N) is 3. The molecule has 1 aromatic heterocycles. The van der Waals surface area contributed by atoms with Crippen LogP contribution < -0.4 is 0 Å². The van der Waals surface area contributed by atoms with Gasteiger partial charge in [0.25, 0.3) is 0 Å². The minimum absolute atomic E-state index is 0.240. The van der Waals surface area contributed by atoms with Gasteiger partial charge in [0.2, 0.25) is 5.89 Å². The molecule has 2 rings (SSSR count). The molecule has 6 nitrogen and oxygen atoms in total. The quantitative estimate of drug-likeness (QED) is 0.861. The third-order valence-corrected chi connectivity index (χ3v) is 3.97. The maximum Gasteiger partial charge on any atom is 0.310 e. The molecule has 1 aromatic rings. The highest BCUT2D eigenvalue weighted by molar-refractivity contribution is 5.75. The Labute approximate surface area is 119 Å². The lowest BCUT2D eigenvalue weighted by Gasteiger charge is -2.23. The van der Waals surface area contributed by atoms with Crippen LogP contribution in [0, 0.1) is 5.41 Å². The van der Waals surface area contributed by atoms with Crippen molar-refractivity contribution in [2.45, 2.75) is 52.5 Å². The molecule has 0 aromatic carbocycles. The van der Waals surface area contributed by atoms with Crippen molar-refractivity contribution >= 4 is 5.97 Å². The SMILES string of the molecule is CCCC1(C(=O)O)CCN(Cc2nc(C(C)C)no2)C1. The summed E-state index contributed by atoms with van der Waals surface area (Å²) in [5.41, 5.74) is -0.602. The standard InChI is InChI=1S/C14H23N3O3/c1-4-5-14(13(18)19)6-7-17(9-14)8-11-15-12(10(2)3)16-20-11/h10H,4-9H2,1-3H3,(H,18,19). The second-order valence-electron chi connectivity index (χ2n) is 6.00. The fraction of sp³-hybridized carbons (Fsp3) is 0.786. The Morgan fingerprint density at radius 3 is 2.85 bits per heavy atom. The van der Waals surface area contributed by atoms with Gasteiger partial charge in [0.05, 0.1) is 12.0 Å². The average Bonchev–Trinajstić information content (AvgIpc) is 2.98. The first-order chi connectivity index (χ1) is 9.47. The summed E-state index contributed by atoms with van der Waals surface area (Å²) < 4.78 is 5.23. The maximum atomic E-state index is 11.5. The summed E-state index contributed by atoms with van der Waals surface area (Å²) in [6, 6.07) is 0. The van der Waals surface area contributed by atoms with Gasteiger partial charge in [-0.15, -0.1) is 0 Å². The molecule has 1 aliphatic heterocycles. The van der Waals surface area contributed by atoms with Crippen LogP contribution in [0.5, 0.6) is 0 Å². The van der Waals surface area contributed by atoms with E-state index in [2.05, 4.69) is 15.0 Å². The van der Waals surface area contributed by atoms with Crippen molar-refractivity contribution in [3.8, 4) is 0 Å². The van der Waals surface area contributed by atoms with E-state index in [1.54, 1.807) is 0 Å². The molecular weight excluding hydrogens is 258 g/mol. The molecule has 0 radical (unpaired) electrons. The van der Waals surface area contributed by atoms with Crippen molar-refractivity contribution in [2.75, 3.05) is 13.1 Å². The van der Waals surface area contributed by atoms with Gasteiger partial charge >= 0.3 is 5.97 Å². The number of carboxylic acids is 1. The van der Waals surface area contributed by atoms with Crippen LogP contribution in [0.15, 0.2) is 4.52 Å². The Balaban J connectivity index is 2.00. The summed E-state index contributed by atoms with van der Waals surface area (Å²) in [6.45, 7) is 7.93. The Hall–Kier alpha value is -1.43. The van der Waals surface area contributed by atoms with Gasteiger partial charge < -0.3 is 9.63 Å². The van der Waals surface area contributed by atoms with Gasteiger partial charge in [-0.1, -0.05) is 32.3 Å². The molecule has 0 bridgehead atoms. The van der Waals surface area contributed by atoms with E-state index in [0.717, 1.165) is 19.4 Å². The van der Waals surface area contributed by atoms with Crippen LogP contribution in [0.4, 0.5) is 0 Å². The molecule has 0 amide bonds. The Kier molecular flexibility index (Phi) is 4.42. The van der Waals surface area contributed by atoms with E-state index in [1.807, 2.05) is 20.8 Å². The van der Waals surface area contributed by atoms with E-state index in [4.69, 9.17) is 4.52 Å². The normalized spacial score (nSPS) is 23.6. The number of carboxylic acid groups (broad SMARTS) is 1. The molecular formula is C14H23N3O3. The monoisotopic (exact) mass is 281 g/mol. The van der Waals surface area contributed by atoms with Gasteiger partial charge in [0.15, 0.2) is 5.82 Å². The third-order valence-electron chi connectivity index (χ3n) is 3.97. The number of carbonyl (C=O) groups is 1. The lowest BCUT2D eigenvalue weighted by Crippen LogP contribution is -2.34. The van der Waals surface area contributed by atoms with Crippen molar-refractivity contribution in [2.24, 2.45) is 5.41 Å². The van der Waals surface area contributed by atoms with Crippen LogP contribution in [-0.4, -0.2) is 39.2 Å². The van der Waals surface area contributed by atoms with Crippen molar-refractivity contribution in [1.29, 1.82) is 0 Å². The highest BCUT2D eigenvalue weighted by atomic mass is 16.5. The van der Waals surface area contributed by atoms with Crippen molar-refractivity contribution in [1.82, 2.24) is 15.0 Å². The number of hydrogen-bond donors (Lipinski definition) is 1. The van der Waals surface area contributed by atoms with Crippen LogP contribution in [0.3, 0.4) is 0 Å². The average molecular weight is 281 g/mol. The second-order valence-corrected chi connectivity index (χ2v) is 6.00. The first-order valence-corrected chi connectivity index (χ1v) is 7.25. The van der Waals surface area contributed by atoms with E-state index >= 15 is 0 Å². The Morgan fingerprint density at radius 2 is 2.30 bits per heavy atom. The molecule has 2 heterocycles. The molecule has 1 saturated heterocycles. The molecule has 0 aliphatic carbocycles. The first-order valence-electron chi connectivity index (χ1n) is 7.25. The van der Waals surface area contributed by atoms with E-state index in [-0.39, 0.29) is 5.92 Å². The van der Waals surface area contributed by atoms with Gasteiger partial charge in [0, 0.05) is 12.5 Å². The molecule has 0 spiro atoms. The van der Waals surface area contributed by atoms with Crippen molar-refractivity contribution in [3.63, 3.8) is 0 Å². The van der Waals surface area contributed by atoms with Gasteiger partial charge in [-0.05, 0) is 19.4 Å². The van der Waals surface area contributed by atoms with Gasteiger partial charge in [-0.2, -0.15) is 4.98 Å². The zero-order chi connectivity index (χ0) is 14.8. The lowest BCUT2D eigenvalue weighted by atomic mass is 9.83. The molecule has 1 fully saturated rings. The summed E-state index contributed by atoms with van der Waals surface area (Å²) >= 11 is 0. The number of rotatable bonds is 6. The maximum absolute atomic E-state index is 11.5. The molecule has 0 saturated carbocycles. The molecule has 112 valence electrons. The number of aliphatic carboxylic acids is 1. The van der Waals surface area contributed by atoms with Crippen LogP contribution in [0.1, 0.15) is 57.7 Å². The van der Waals surface area contributed by atoms with E-state index in [9.17, 15) is 9.90 Å². The zero-order valence-electron chi connectivity index (χ0n) is 12.4. The Morgan fingerprint density at radius 1 is 1.55 bits per heavy atom. The first kappa shape index (κ1) is 15.0.